The molecule has 3 aromatic rings. The van der Waals surface area contributed by atoms with E-state index in [9.17, 15) is 18.0 Å². The third kappa shape index (κ3) is 6.21. The molecule has 0 aliphatic rings. The number of nitrogens with zero attached hydrogens (tertiary/aromatic N) is 1. The van der Waals surface area contributed by atoms with E-state index in [4.69, 9.17) is 4.74 Å². The number of alkyl halides is 3. The second-order valence-corrected chi connectivity index (χ2v) is 6.76. The van der Waals surface area contributed by atoms with Gasteiger partial charge in [-0.3, -0.25) is 4.79 Å². The Morgan fingerprint density at radius 1 is 1.07 bits per heavy atom. The van der Waals surface area contributed by atoms with Crippen molar-refractivity contribution in [1.82, 2.24) is 4.98 Å². The molecule has 0 bridgehead atoms. The van der Waals surface area contributed by atoms with Crippen molar-refractivity contribution in [3.63, 3.8) is 0 Å². The number of amides is 1. The number of benzene rings is 2. The molecule has 0 saturated heterocycles. The van der Waals surface area contributed by atoms with Crippen LogP contribution in [0.2, 0.25) is 0 Å². The molecule has 9 heteroatoms. The van der Waals surface area contributed by atoms with Crippen LogP contribution in [0.1, 0.15) is 12.6 Å². The third-order valence-electron chi connectivity index (χ3n) is 3.68. The maximum Gasteiger partial charge on any atom is 0.573 e. The fourth-order valence-corrected chi connectivity index (χ4v) is 3.32. The molecule has 0 unspecified atom stereocenters. The van der Waals surface area contributed by atoms with E-state index >= 15 is 0 Å². The first-order valence-electron chi connectivity index (χ1n) is 8.65. The number of aromatic nitrogens is 1. The Kier molecular flexibility index (Phi) is 6.38. The molecule has 29 heavy (non-hydrogen) atoms. The molecule has 1 aromatic heterocycles. The average molecular weight is 422 g/mol. The van der Waals surface area contributed by atoms with Crippen molar-refractivity contribution in [2.24, 2.45) is 0 Å². The summed E-state index contributed by atoms with van der Waals surface area (Å²) in [6, 6.07) is 12.5. The van der Waals surface area contributed by atoms with Gasteiger partial charge >= 0.3 is 6.36 Å². The molecule has 2 aromatic carbocycles. The molecule has 0 saturated carbocycles. The summed E-state index contributed by atoms with van der Waals surface area (Å²) in [6.07, 6.45) is -4.70. The maximum absolute atomic E-state index is 12.2. The first kappa shape index (κ1) is 20.7. The van der Waals surface area contributed by atoms with Gasteiger partial charge in [-0.15, -0.1) is 24.5 Å². The molecule has 0 aliphatic heterocycles. The Bertz CT molecular complexity index is 954. The van der Waals surface area contributed by atoms with Gasteiger partial charge in [-0.2, -0.15) is 0 Å². The summed E-state index contributed by atoms with van der Waals surface area (Å²) in [7, 11) is 0. The zero-order chi connectivity index (χ0) is 20.9. The number of hydrogen-bond donors (Lipinski definition) is 1. The number of carbonyl (C=O) groups excluding carboxylic acids is 1. The fraction of sp³-hybridized carbons (Fsp3) is 0.200. The lowest BCUT2D eigenvalue weighted by Gasteiger charge is -2.09. The minimum absolute atomic E-state index is 0.0499. The Morgan fingerprint density at radius 2 is 1.72 bits per heavy atom. The van der Waals surface area contributed by atoms with E-state index in [0.717, 1.165) is 28.5 Å². The Balaban J connectivity index is 1.57. The Hall–Kier alpha value is -3.07. The lowest BCUT2D eigenvalue weighted by atomic mass is 10.2. The van der Waals surface area contributed by atoms with Crippen LogP contribution < -0.4 is 14.8 Å². The molecule has 1 amide bonds. The molecule has 5 nitrogen and oxygen atoms in total. The number of rotatable bonds is 7. The van der Waals surface area contributed by atoms with E-state index in [1.54, 1.807) is 5.38 Å². The number of anilines is 1. The molecule has 0 atom stereocenters. The second-order valence-electron chi connectivity index (χ2n) is 5.90. The molecule has 0 fully saturated rings. The maximum atomic E-state index is 12.2. The zero-order valence-corrected chi connectivity index (χ0v) is 16.1. The van der Waals surface area contributed by atoms with Crippen LogP contribution in [0.4, 0.5) is 18.9 Å². The van der Waals surface area contributed by atoms with Crippen LogP contribution in [0.25, 0.3) is 10.6 Å². The number of carbonyl (C=O) groups is 1. The summed E-state index contributed by atoms with van der Waals surface area (Å²) in [5, 5.41) is 5.20. The zero-order valence-electron chi connectivity index (χ0n) is 15.3. The number of nitrogens with one attached hydrogen (secondary N) is 1. The highest BCUT2D eigenvalue weighted by molar-refractivity contribution is 7.13. The SMILES string of the molecule is CCOc1ccc(-c2nc(CC(=O)Nc3ccc(OC(F)(F)F)cc3)cs2)cc1. The predicted octanol–water partition coefficient (Wildman–Crippen LogP) is 5.29. The number of hydrogen-bond acceptors (Lipinski definition) is 5. The standard InChI is InChI=1S/C20H17F3N2O3S/c1-2-27-16-7-3-13(4-8-16)19-25-15(12-29-19)11-18(26)24-14-5-9-17(10-6-14)28-20(21,22)23/h3-10,12H,2,11H2,1H3,(H,24,26). The van der Waals surface area contributed by atoms with Crippen LogP contribution in [0.5, 0.6) is 11.5 Å². The van der Waals surface area contributed by atoms with E-state index in [-0.39, 0.29) is 18.1 Å². The topological polar surface area (TPSA) is 60.5 Å². The largest absolute Gasteiger partial charge is 0.573 e. The van der Waals surface area contributed by atoms with Gasteiger partial charge in [0.05, 0.1) is 18.7 Å². The van der Waals surface area contributed by atoms with Gasteiger partial charge in [-0.1, -0.05) is 0 Å². The molecule has 0 radical (unpaired) electrons. The summed E-state index contributed by atoms with van der Waals surface area (Å²) in [4.78, 5) is 16.6. The smallest absolute Gasteiger partial charge is 0.494 e. The highest BCUT2D eigenvalue weighted by Crippen LogP contribution is 2.27. The van der Waals surface area contributed by atoms with E-state index < -0.39 is 6.36 Å². The fourth-order valence-electron chi connectivity index (χ4n) is 2.49. The minimum atomic E-state index is -4.75. The molecule has 152 valence electrons. The number of ether oxygens (including phenoxy) is 2. The van der Waals surface area contributed by atoms with Crippen LogP contribution in [0, 0.1) is 0 Å². The van der Waals surface area contributed by atoms with Crippen molar-refractivity contribution in [2.75, 3.05) is 11.9 Å². The minimum Gasteiger partial charge on any atom is -0.494 e. The summed E-state index contributed by atoms with van der Waals surface area (Å²) in [6.45, 7) is 2.50. The summed E-state index contributed by atoms with van der Waals surface area (Å²) < 4.78 is 45.7. The van der Waals surface area contributed by atoms with Crippen LogP contribution in [0.15, 0.2) is 53.9 Å². The van der Waals surface area contributed by atoms with Crippen LogP contribution in [-0.2, 0) is 11.2 Å². The van der Waals surface area contributed by atoms with Crippen molar-refractivity contribution < 1.29 is 27.4 Å². The van der Waals surface area contributed by atoms with Crippen LogP contribution in [0.3, 0.4) is 0 Å². The monoisotopic (exact) mass is 422 g/mol. The number of halogens is 3. The first-order chi connectivity index (χ1) is 13.8. The number of thiazole rings is 1. The highest BCUT2D eigenvalue weighted by Gasteiger charge is 2.30. The third-order valence-corrected chi connectivity index (χ3v) is 4.62. The Labute approximate surface area is 169 Å². The summed E-state index contributed by atoms with van der Waals surface area (Å²) >= 11 is 1.42. The lowest BCUT2D eigenvalue weighted by Crippen LogP contribution is -2.17. The van der Waals surface area contributed by atoms with Crippen molar-refractivity contribution in [3.8, 4) is 22.1 Å². The van der Waals surface area contributed by atoms with E-state index in [2.05, 4.69) is 15.0 Å². The Morgan fingerprint density at radius 3 is 2.34 bits per heavy atom. The molecule has 0 aliphatic carbocycles. The van der Waals surface area contributed by atoms with Gasteiger partial charge in [0, 0.05) is 16.6 Å². The van der Waals surface area contributed by atoms with Gasteiger partial charge in [0.25, 0.3) is 0 Å². The molecule has 0 spiro atoms. The molecule has 3 rings (SSSR count). The van der Waals surface area contributed by atoms with Crippen molar-refractivity contribution in [1.29, 1.82) is 0 Å². The van der Waals surface area contributed by atoms with Crippen molar-refractivity contribution in [3.05, 3.63) is 59.6 Å². The summed E-state index contributed by atoms with van der Waals surface area (Å²) in [5.74, 6) is 0.104. The quantitative estimate of drug-likeness (QED) is 0.562. The molecule has 1 N–H and O–H groups in total. The predicted molar refractivity (Wildman–Crippen MR) is 104 cm³/mol. The van der Waals surface area contributed by atoms with E-state index in [0.29, 0.717) is 18.0 Å². The van der Waals surface area contributed by atoms with Crippen molar-refractivity contribution in [2.45, 2.75) is 19.7 Å². The van der Waals surface area contributed by atoms with E-state index in [1.807, 2.05) is 31.2 Å². The average Bonchev–Trinajstić information content (AvgIpc) is 3.11. The van der Waals surface area contributed by atoms with Gasteiger partial charge in [0.15, 0.2) is 0 Å². The molecular weight excluding hydrogens is 405 g/mol. The van der Waals surface area contributed by atoms with Gasteiger partial charge < -0.3 is 14.8 Å². The molecular formula is C20H17F3N2O3S. The lowest BCUT2D eigenvalue weighted by molar-refractivity contribution is -0.274. The van der Waals surface area contributed by atoms with Crippen LogP contribution >= 0.6 is 11.3 Å². The van der Waals surface area contributed by atoms with E-state index in [1.165, 1.54) is 23.5 Å². The normalized spacial score (nSPS) is 11.2. The van der Waals surface area contributed by atoms with Gasteiger partial charge in [-0.05, 0) is 55.5 Å². The summed E-state index contributed by atoms with van der Waals surface area (Å²) in [5.41, 5.74) is 1.89. The first-order valence-corrected chi connectivity index (χ1v) is 9.53. The van der Waals surface area contributed by atoms with Crippen molar-refractivity contribution >= 4 is 22.9 Å². The molecule has 1 heterocycles. The van der Waals surface area contributed by atoms with Gasteiger partial charge in [0.1, 0.15) is 16.5 Å². The van der Waals surface area contributed by atoms with Gasteiger partial charge in [0.2, 0.25) is 5.91 Å². The second kappa shape index (κ2) is 8.95. The van der Waals surface area contributed by atoms with Gasteiger partial charge in [-0.25, -0.2) is 4.98 Å². The highest BCUT2D eigenvalue weighted by atomic mass is 32.1. The van der Waals surface area contributed by atoms with Crippen LogP contribution in [-0.4, -0.2) is 23.9 Å².